The summed E-state index contributed by atoms with van der Waals surface area (Å²) in [6.07, 6.45) is 0.904. The molecule has 0 spiro atoms. The zero-order valence-electron chi connectivity index (χ0n) is 11.2. The van der Waals surface area contributed by atoms with Crippen molar-refractivity contribution in [1.29, 1.82) is 0 Å². The van der Waals surface area contributed by atoms with Crippen molar-refractivity contribution in [1.82, 2.24) is 0 Å². The summed E-state index contributed by atoms with van der Waals surface area (Å²) in [4.78, 5) is 11.0. The number of carbonyl (C=O) groups is 1. The summed E-state index contributed by atoms with van der Waals surface area (Å²) in [5.41, 5.74) is 3.66. The van der Waals surface area contributed by atoms with Crippen LogP contribution in [-0.2, 0) is 6.42 Å². The molecule has 0 saturated heterocycles. The third kappa shape index (κ3) is 3.84. The highest BCUT2D eigenvalue weighted by Crippen LogP contribution is 2.20. The molecule has 20 heavy (non-hydrogen) atoms. The van der Waals surface area contributed by atoms with Gasteiger partial charge in [-0.3, -0.25) is 0 Å². The van der Waals surface area contributed by atoms with Gasteiger partial charge in [-0.05, 0) is 42.7 Å². The van der Waals surface area contributed by atoms with Crippen LogP contribution < -0.4 is 5.32 Å². The maximum absolute atomic E-state index is 11.0. The minimum atomic E-state index is -0.923. The number of aromatic carboxylic acids is 1. The van der Waals surface area contributed by atoms with E-state index in [2.05, 4.69) is 40.3 Å². The van der Waals surface area contributed by atoms with Crippen LogP contribution in [0.3, 0.4) is 0 Å². The molecule has 104 valence electrons. The second-order valence-electron chi connectivity index (χ2n) is 4.64. The van der Waals surface area contributed by atoms with E-state index in [1.165, 1.54) is 11.1 Å². The van der Waals surface area contributed by atoms with Crippen LogP contribution in [-0.4, -0.2) is 17.6 Å². The fourth-order valence-corrected chi connectivity index (χ4v) is 2.54. The minimum Gasteiger partial charge on any atom is -0.478 e. The molecule has 2 aromatic rings. The van der Waals surface area contributed by atoms with Crippen molar-refractivity contribution >= 4 is 27.6 Å². The molecule has 0 bridgehead atoms. The minimum absolute atomic E-state index is 0.276. The topological polar surface area (TPSA) is 49.3 Å². The van der Waals surface area contributed by atoms with Gasteiger partial charge in [0.15, 0.2) is 0 Å². The summed E-state index contributed by atoms with van der Waals surface area (Å²) in [6.45, 7) is 2.86. The number of rotatable bonds is 5. The Morgan fingerprint density at radius 2 is 2.00 bits per heavy atom. The fraction of sp³-hybridized carbons (Fsp3) is 0.188. The number of benzene rings is 2. The van der Waals surface area contributed by atoms with Gasteiger partial charge < -0.3 is 10.4 Å². The van der Waals surface area contributed by atoms with Crippen LogP contribution in [0.1, 0.15) is 21.5 Å². The van der Waals surface area contributed by atoms with Crippen LogP contribution in [0, 0.1) is 6.92 Å². The Bertz CT molecular complexity index is 626. The Morgan fingerprint density at radius 1 is 1.25 bits per heavy atom. The average Bonchev–Trinajstić information content (AvgIpc) is 2.40. The fourth-order valence-electron chi connectivity index (χ4n) is 2.05. The molecule has 0 radical (unpaired) electrons. The van der Waals surface area contributed by atoms with Gasteiger partial charge >= 0.3 is 5.97 Å². The van der Waals surface area contributed by atoms with E-state index in [0.29, 0.717) is 0 Å². The molecule has 2 N–H and O–H groups in total. The summed E-state index contributed by atoms with van der Waals surface area (Å²) in [6, 6.07) is 13.4. The number of hydrogen-bond donors (Lipinski definition) is 2. The van der Waals surface area contributed by atoms with Crippen molar-refractivity contribution in [3.63, 3.8) is 0 Å². The molecule has 0 atom stereocenters. The number of nitrogens with one attached hydrogen (secondary N) is 1. The molecular formula is C16H16BrNO2. The van der Waals surface area contributed by atoms with Crippen LogP contribution in [0.4, 0.5) is 5.69 Å². The van der Waals surface area contributed by atoms with Crippen molar-refractivity contribution in [2.24, 2.45) is 0 Å². The van der Waals surface area contributed by atoms with Gasteiger partial charge in [-0.2, -0.15) is 0 Å². The molecule has 0 heterocycles. The number of anilines is 1. The zero-order valence-corrected chi connectivity index (χ0v) is 12.8. The standard InChI is InChI=1S/C16H16BrNO2/c1-11-4-2-3-5-12(11)6-7-18-15-9-13(16(19)20)8-14(17)10-15/h2-5,8-10,18H,6-7H2,1H3,(H,19,20). The lowest BCUT2D eigenvalue weighted by Gasteiger charge is -2.09. The maximum Gasteiger partial charge on any atom is 0.335 e. The SMILES string of the molecule is Cc1ccccc1CCNc1cc(Br)cc(C(=O)O)c1. The smallest absolute Gasteiger partial charge is 0.335 e. The van der Waals surface area contributed by atoms with Crippen molar-refractivity contribution in [3.05, 3.63) is 63.6 Å². The average molecular weight is 334 g/mol. The summed E-state index contributed by atoms with van der Waals surface area (Å²) in [5, 5.41) is 12.3. The quantitative estimate of drug-likeness (QED) is 0.865. The van der Waals surface area contributed by atoms with Gasteiger partial charge in [-0.1, -0.05) is 40.2 Å². The number of carboxylic acids is 1. The predicted molar refractivity (Wildman–Crippen MR) is 84.5 cm³/mol. The van der Waals surface area contributed by atoms with E-state index in [0.717, 1.165) is 23.1 Å². The molecule has 2 rings (SSSR count). The molecule has 0 aliphatic rings. The molecule has 0 aliphatic carbocycles. The Hall–Kier alpha value is -1.81. The second kappa shape index (κ2) is 6.57. The van der Waals surface area contributed by atoms with Gasteiger partial charge in [0.25, 0.3) is 0 Å². The van der Waals surface area contributed by atoms with E-state index in [1.54, 1.807) is 12.1 Å². The molecule has 3 nitrogen and oxygen atoms in total. The lowest BCUT2D eigenvalue weighted by atomic mass is 10.1. The van der Waals surface area contributed by atoms with E-state index in [1.807, 2.05) is 18.2 Å². The largest absolute Gasteiger partial charge is 0.478 e. The Morgan fingerprint density at radius 3 is 2.70 bits per heavy atom. The van der Waals surface area contributed by atoms with Crippen molar-refractivity contribution in [2.75, 3.05) is 11.9 Å². The first kappa shape index (κ1) is 14.6. The van der Waals surface area contributed by atoms with Gasteiger partial charge in [0.1, 0.15) is 0 Å². The van der Waals surface area contributed by atoms with Gasteiger partial charge in [0, 0.05) is 16.7 Å². The predicted octanol–water partition coefficient (Wildman–Crippen LogP) is 4.11. The third-order valence-electron chi connectivity index (χ3n) is 3.13. The molecule has 4 heteroatoms. The van der Waals surface area contributed by atoms with Crippen molar-refractivity contribution in [3.8, 4) is 0 Å². The Labute approximate surface area is 126 Å². The normalized spacial score (nSPS) is 10.3. The summed E-state index contributed by atoms with van der Waals surface area (Å²) in [7, 11) is 0. The molecule has 2 aromatic carbocycles. The van der Waals surface area contributed by atoms with Crippen LogP contribution in [0.5, 0.6) is 0 Å². The number of halogens is 1. The highest BCUT2D eigenvalue weighted by Gasteiger charge is 2.06. The van der Waals surface area contributed by atoms with Crippen LogP contribution in [0.25, 0.3) is 0 Å². The molecular weight excluding hydrogens is 318 g/mol. The summed E-state index contributed by atoms with van der Waals surface area (Å²) >= 11 is 3.33. The van der Waals surface area contributed by atoms with Crippen molar-refractivity contribution < 1.29 is 9.90 Å². The number of aryl methyl sites for hydroxylation is 1. The highest BCUT2D eigenvalue weighted by molar-refractivity contribution is 9.10. The van der Waals surface area contributed by atoms with Crippen LogP contribution >= 0.6 is 15.9 Å². The molecule has 0 aromatic heterocycles. The maximum atomic E-state index is 11.0. The van der Waals surface area contributed by atoms with Gasteiger partial charge in [0.05, 0.1) is 5.56 Å². The highest BCUT2D eigenvalue weighted by atomic mass is 79.9. The first-order valence-electron chi connectivity index (χ1n) is 6.38. The van der Waals surface area contributed by atoms with Crippen molar-refractivity contribution in [2.45, 2.75) is 13.3 Å². The molecule has 0 unspecified atom stereocenters. The monoisotopic (exact) mass is 333 g/mol. The van der Waals surface area contributed by atoms with Crippen LogP contribution in [0.2, 0.25) is 0 Å². The first-order valence-corrected chi connectivity index (χ1v) is 7.18. The Kier molecular flexibility index (Phi) is 4.79. The molecule has 0 amide bonds. The molecule has 0 saturated carbocycles. The van der Waals surface area contributed by atoms with E-state index in [4.69, 9.17) is 5.11 Å². The van der Waals surface area contributed by atoms with Gasteiger partial charge in [-0.15, -0.1) is 0 Å². The third-order valence-corrected chi connectivity index (χ3v) is 3.59. The van der Waals surface area contributed by atoms with E-state index in [9.17, 15) is 4.79 Å². The van der Waals surface area contributed by atoms with Gasteiger partial charge in [0.2, 0.25) is 0 Å². The summed E-state index contributed by atoms with van der Waals surface area (Å²) < 4.78 is 0.760. The second-order valence-corrected chi connectivity index (χ2v) is 5.55. The lowest BCUT2D eigenvalue weighted by Crippen LogP contribution is -2.07. The summed E-state index contributed by atoms with van der Waals surface area (Å²) in [5.74, 6) is -0.923. The molecule has 0 aliphatic heterocycles. The van der Waals surface area contributed by atoms with E-state index < -0.39 is 5.97 Å². The Balaban J connectivity index is 2.01. The number of carboxylic acid groups (broad SMARTS) is 1. The number of hydrogen-bond acceptors (Lipinski definition) is 2. The zero-order chi connectivity index (χ0) is 14.5. The van der Waals surface area contributed by atoms with Gasteiger partial charge in [-0.25, -0.2) is 4.79 Å². The molecule has 0 fully saturated rings. The lowest BCUT2D eigenvalue weighted by molar-refractivity contribution is 0.0697. The van der Waals surface area contributed by atoms with E-state index in [-0.39, 0.29) is 5.56 Å². The van der Waals surface area contributed by atoms with E-state index >= 15 is 0 Å². The van der Waals surface area contributed by atoms with Crippen LogP contribution in [0.15, 0.2) is 46.9 Å². The first-order chi connectivity index (χ1) is 9.56.